The van der Waals surface area contributed by atoms with E-state index in [1.165, 1.54) is 0 Å². The van der Waals surface area contributed by atoms with Crippen LogP contribution in [0.15, 0.2) is 29.4 Å². The van der Waals surface area contributed by atoms with Crippen LogP contribution in [0.1, 0.15) is 24.0 Å². The number of amidine groups is 1. The topological polar surface area (TPSA) is 61.9 Å². The van der Waals surface area contributed by atoms with Crippen molar-refractivity contribution in [1.82, 2.24) is 4.90 Å². The number of piperidine rings is 1. The van der Waals surface area contributed by atoms with Gasteiger partial charge in [-0.25, -0.2) is 0 Å². The Morgan fingerprint density at radius 3 is 2.57 bits per heavy atom. The summed E-state index contributed by atoms with van der Waals surface area (Å²) >= 11 is 0. The van der Waals surface area contributed by atoms with Crippen molar-refractivity contribution in [3.63, 3.8) is 0 Å². The molecule has 21 heavy (non-hydrogen) atoms. The van der Waals surface area contributed by atoms with E-state index in [-0.39, 0.29) is 18.8 Å². The molecule has 0 aliphatic carbocycles. The highest BCUT2D eigenvalue weighted by Crippen LogP contribution is 2.33. The van der Waals surface area contributed by atoms with E-state index in [4.69, 9.17) is 10.9 Å². The predicted octanol–water partition coefficient (Wildman–Crippen LogP) is 2.56. The Kier molecular flexibility index (Phi) is 4.72. The summed E-state index contributed by atoms with van der Waals surface area (Å²) in [5.74, 6) is -1.22. The molecule has 0 spiro atoms. The van der Waals surface area contributed by atoms with E-state index >= 15 is 0 Å². The number of benzene rings is 1. The molecule has 7 heteroatoms. The predicted molar refractivity (Wildman–Crippen MR) is 73.0 cm³/mol. The molecule has 1 unspecified atom stereocenters. The quantitative estimate of drug-likeness (QED) is 0.390. The molecule has 1 atom stereocenters. The lowest BCUT2D eigenvalue weighted by Crippen LogP contribution is -2.41. The van der Waals surface area contributed by atoms with Crippen LogP contribution in [0.5, 0.6) is 0 Å². The second-order valence-corrected chi connectivity index (χ2v) is 5.30. The van der Waals surface area contributed by atoms with Crippen molar-refractivity contribution in [2.24, 2.45) is 16.8 Å². The van der Waals surface area contributed by atoms with Gasteiger partial charge >= 0.3 is 6.18 Å². The highest BCUT2D eigenvalue weighted by atomic mass is 19.4. The molecule has 116 valence electrons. The first-order valence-electron chi connectivity index (χ1n) is 6.76. The van der Waals surface area contributed by atoms with Gasteiger partial charge in [0.15, 0.2) is 5.84 Å². The first kappa shape index (κ1) is 15.6. The maximum atomic E-state index is 12.8. The van der Waals surface area contributed by atoms with Crippen molar-refractivity contribution in [2.45, 2.75) is 25.6 Å². The van der Waals surface area contributed by atoms with Crippen LogP contribution >= 0.6 is 0 Å². The lowest BCUT2D eigenvalue weighted by atomic mass is 9.97. The zero-order valence-corrected chi connectivity index (χ0v) is 11.5. The molecule has 0 radical (unpaired) electrons. The van der Waals surface area contributed by atoms with E-state index < -0.39 is 12.1 Å². The van der Waals surface area contributed by atoms with E-state index in [2.05, 4.69) is 5.16 Å². The van der Waals surface area contributed by atoms with Gasteiger partial charge in [0.05, 0.1) is 5.92 Å². The average Bonchev–Trinajstić information content (AvgIpc) is 2.47. The van der Waals surface area contributed by atoms with Crippen LogP contribution < -0.4 is 5.73 Å². The van der Waals surface area contributed by atoms with Crippen LogP contribution in [-0.2, 0) is 6.54 Å². The maximum Gasteiger partial charge on any atom is 0.393 e. The van der Waals surface area contributed by atoms with Crippen molar-refractivity contribution in [1.29, 1.82) is 0 Å². The molecule has 0 saturated carbocycles. The van der Waals surface area contributed by atoms with E-state index in [1.54, 1.807) is 24.3 Å². The van der Waals surface area contributed by atoms with E-state index in [0.29, 0.717) is 25.1 Å². The summed E-state index contributed by atoms with van der Waals surface area (Å²) in [5.41, 5.74) is 6.95. The van der Waals surface area contributed by atoms with Gasteiger partial charge in [-0.05, 0) is 24.9 Å². The second kappa shape index (κ2) is 6.34. The summed E-state index contributed by atoms with van der Waals surface area (Å²) in [6.07, 6.45) is -3.34. The molecule has 3 N–H and O–H groups in total. The van der Waals surface area contributed by atoms with Crippen molar-refractivity contribution in [2.75, 3.05) is 13.1 Å². The first-order chi connectivity index (χ1) is 9.90. The standard InChI is InChI=1S/C14H18F3N3O/c15-14(16,17)12-2-1-7-20(9-12)8-10-3-5-11(6-4-10)13(18)19-21/h3-6,12,21H,1-2,7-9H2,(H2,18,19). The lowest BCUT2D eigenvalue weighted by Gasteiger charge is -2.33. The van der Waals surface area contributed by atoms with Gasteiger partial charge in [0, 0.05) is 18.7 Å². The smallest absolute Gasteiger partial charge is 0.393 e. The minimum Gasteiger partial charge on any atom is -0.409 e. The lowest BCUT2D eigenvalue weighted by molar-refractivity contribution is -0.187. The zero-order valence-electron chi connectivity index (χ0n) is 11.5. The van der Waals surface area contributed by atoms with E-state index in [9.17, 15) is 13.2 Å². The van der Waals surface area contributed by atoms with E-state index in [0.717, 1.165) is 5.56 Å². The molecular formula is C14H18F3N3O. The van der Waals surface area contributed by atoms with Gasteiger partial charge in [0.25, 0.3) is 0 Å². The van der Waals surface area contributed by atoms with Crippen molar-refractivity contribution in [3.05, 3.63) is 35.4 Å². The van der Waals surface area contributed by atoms with E-state index in [1.807, 2.05) is 4.90 Å². The van der Waals surface area contributed by atoms with Gasteiger partial charge in [-0.3, -0.25) is 4.90 Å². The summed E-state index contributed by atoms with van der Waals surface area (Å²) in [5, 5.41) is 11.5. The van der Waals surface area contributed by atoms with Gasteiger partial charge in [0.2, 0.25) is 0 Å². The molecule has 1 aliphatic rings. The Balaban J connectivity index is 1.98. The summed E-state index contributed by atoms with van der Waals surface area (Å²) < 4.78 is 38.3. The molecule has 1 saturated heterocycles. The minimum absolute atomic E-state index is 0.0108. The van der Waals surface area contributed by atoms with Crippen LogP contribution in [0.2, 0.25) is 0 Å². The number of nitrogens with zero attached hydrogens (tertiary/aromatic N) is 2. The van der Waals surface area contributed by atoms with Crippen molar-refractivity contribution < 1.29 is 18.4 Å². The van der Waals surface area contributed by atoms with Crippen LogP contribution in [0, 0.1) is 5.92 Å². The number of nitrogens with two attached hydrogens (primary N) is 1. The molecule has 0 bridgehead atoms. The molecule has 1 aromatic carbocycles. The van der Waals surface area contributed by atoms with Gasteiger partial charge < -0.3 is 10.9 Å². The Morgan fingerprint density at radius 1 is 1.33 bits per heavy atom. The number of hydrogen-bond acceptors (Lipinski definition) is 3. The van der Waals surface area contributed by atoms with Gasteiger partial charge in [-0.15, -0.1) is 0 Å². The third kappa shape index (κ3) is 4.10. The molecule has 0 amide bonds. The molecule has 4 nitrogen and oxygen atoms in total. The Labute approximate surface area is 121 Å². The molecule has 0 aromatic heterocycles. The average molecular weight is 301 g/mol. The minimum atomic E-state index is -4.12. The molecule has 1 heterocycles. The Hall–Kier alpha value is -1.76. The third-order valence-electron chi connectivity index (χ3n) is 3.73. The fraction of sp³-hybridized carbons (Fsp3) is 0.500. The number of oxime groups is 1. The SMILES string of the molecule is NC(=NO)c1ccc(CN2CCCC(C(F)(F)F)C2)cc1. The number of likely N-dealkylation sites (tertiary alicyclic amines) is 1. The van der Waals surface area contributed by atoms with Gasteiger partial charge in [-0.2, -0.15) is 13.2 Å². The molecule has 1 aliphatic heterocycles. The van der Waals surface area contributed by atoms with Crippen LogP contribution in [0.4, 0.5) is 13.2 Å². The number of hydrogen-bond donors (Lipinski definition) is 2. The van der Waals surface area contributed by atoms with Crippen LogP contribution in [0.25, 0.3) is 0 Å². The highest BCUT2D eigenvalue weighted by Gasteiger charge is 2.41. The van der Waals surface area contributed by atoms with Gasteiger partial charge in [0.1, 0.15) is 0 Å². The summed E-state index contributed by atoms with van der Waals surface area (Å²) in [7, 11) is 0. The fourth-order valence-electron chi connectivity index (χ4n) is 2.56. The van der Waals surface area contributed by atoms with Crippen molar-refractivity contribution >= 4 is 5.84 Å². The zero-order chi connectivity index (χ0) is 15.5. The Bertz CT molecular complexity index is 499. The third-order valence-corrected chi connectivity index (χ3v) is 3.73. The number of alkyl halides is 3. The summed E-state index contributed by atoms with van der Waals surface area (Å²) in [4.78, 5) is 1.82. The number of halogens is 3. The molecule has 2 rings (SSSR count). The largest absolute Gasteiger partial charge is 0.409 e. The van der Waals surface area contributed by atoms with Crippen LogP contribution in [0.3, 0.4) is 0 Å². The van der Waals surface area contributed by atoms with Gasteiger partial charge in [-0.1, -0.05) is 29.4 Å². The van der Waals surface area contributed by atoms with Crippen molar-refractivity contribution in [3.8, 4) is 0 Å². The fourth-order valence-corrected chi connectivity index (χ4v) is 2.56. The van der Waals surface area contributed by atoms with Crippen LogP contribution in [-0.4, -0.2) is 35.2 Å². The molecular weight excluding hydrogens is 283 g/mol. The molecule has 1 aromatic rings. The number of rotatable bonds is 3. The molecule has 1 fully saturated rings. The maximum absolute atomic E-state index is 12.8. The second-order valence-electron chi connectivity index (χ2n) is 5.30. The summed E-state index contributed by atoms with van der Waals surface area (Å²) in [6.45, 7) is 1.20. The normalized spacial score (nSPS) is 21.5. The first-order valence-corrected chi connectivity index (χ1v) is 6.76. The highest BCUT2D eigenvalue weighted by molar-refractivity contribution is 5.96. The Morgan fingerprint density at radius 2 is 2.00 bits per heavy atom. The monoisotopic (exact) mass is 301 g/mol. The summed E-state index contributed by atoms with van der Waals surface area (Å²) in [6, 6.07) is 6.94.